The quantitative estimate of drug-likeness (QED) is 0.782. The predicted octanol–water partition coefficient (Wildman–Crippen LogP) is 1.11. The van der Waals surface area contributed by atoms with Crippen molar-refractivity contribution in [1.82, 2.24) is 10.6 Å². The highest BCUT2D eigenvalue weighted by atomic mass is 16.6. The van der Waals surface area contributed by atoms with Crippen molar-refractivity contribution < 1.29 is 14.3 Å². The lowest BCUT2D eigenvalue weighted by Gasteiger charge is -2.20. The summed E-state index contributed by atoms with van der Waals surface area (Å²) in [5.41, 5.74) is 1.23. The lowest BCUT2D eigenvalue weighted by molar-refractivity contribution is 0.0964. The Morgan fingerprint density at radius 3 is 2.84 bits per heavy atom. The summed E-state index contributed by atoms with van der Waals surface area (Å²) in [6, 6.07) is 10.3. The number of carbonyl (C=O) groups is 1. The van der Waals surface area contributed by atoms with E-state index in [2.05, 4.69) is 22.8 Å². The van der Waals surface area contributed by atoms with Crippen molar-refractivity contribution in [3.05, 3.63) is 35.9 Å². The van der Waals surface area contributed by atoms with Crippen molar-refractivity contribution in [1.29, 1.82) is 0 Å². The molecule has 2 N–H and O–H groups in total. The highest BCUT2D eigenvalue weighted by Gasteiger charge is 2.29. The molecule has 1 heterocycles. The standard InChI is InChI=1S/C14H20N2O3/c1-18-7-8-19-14(17)16-13-10-15-9-12(13)11-5-3-2-4-6-11/h2-6,12-13,15H,7-10H2,1H3,(H,16,17). The van der Waals surface area contributed by atoms with Crippen molar-refractivity contribution in [3.63, 3.8) is 0 Å². The Morgan fingerprint density at radius 1 is 1.32 bits per heavy atom. The third kappa shape index (κ3) is 3.94. The largest absolute Gasteiger partial charge is 0.447 e. The van der Waals surface area contributed by atoms with E-state index in [9.17, 15) is 4.79 Å². The van der Waals surface area contributed by atoms with Crippen molar-refractivity contribution in [2.45, 2.75) is 12.0 Å². The van der Waals surface area contributed by atoms with E-state index in [1.807, 2.05) is 18.2 Å². The van der Waals surface area contributed by atoms with Crippen molar-refractivity contribution in [2.75, 3.05) is 33.4 Å². The molecule has 5 heteroatoms. The molecule has 1 saturated heterocycles. The summed E-state index contributed by atoms with van der Waals surface area (Å²) in [6.07, 6.45) is -0.383. The first-order valence-corrected chi connectivity index (χ1v) is 6.49. The summed E-state index contributed by atoms with van der Waals surface area (Å²) >= 11 is 0. The van der Waals surface area contributed by atoms with E-state index in [0.717, 1.165) is 13.1 Å². The van der Waals surface area contributed by atoms with Gasteiger partial charge >= 0.3 is 6.09 Å². The van der Waals surface area contributed by atoms with Crippen LogP contribution in [0.2, 0.25) is 0 Å². The lowest BCUT2D eigenvalue weighted by atomic mass is 9.94. The van der Waals surface area contributed by atoms with Gasteiger partial charge in [0.05, 0.1) is 12.6 Å². The minimum Gasteiger partial charge on any atom is -0.447 e. The molecule has 0 spiro atoms. The van der Waals surface area contributed by atoms with Crippen LogP contribution in [0.3, 0.4) is 0 Å². The molecule has 0 radical (unpaired) electrons. The van der Waals surface area contributed by atoms with Crippen molar-refractivity contribution in [3.8, 4) is 0 Å². The maximum absolute atomic E-state index is 11.6. The van der Waals surface area contributed by atoms with Gasteiger partial charge in [-0.1, -0.05) is 30.3 Å². The Balaban J connectivity index is 1.87. The fraction of sp³-hybridized carbons (Fsp3) is 0.500. The fourth-order valence-corrected chi connectivity index (χ4v) is 2.29. The van der Waals surface area contributed by atoms with E-state index >= 15 is 0 Å². The van der Waals surface area contributed by atoms with Crippen LogP contribution in [0, 0.1) is 0 Å². The SMILES string of the molecule is COCCOC(=O)NC1CNCC1c1ccccc1. The number of benzene rings is 1. The van der Waals surface area contributed by atoms with Crippen molar-refractivity contribution >= 4 is 6.09 Å². The van der Waals surface area contributed by atoms with Gasteiger partial charge in [0.15, 0.2) is 0 Å². The first-order chi connectivity index (χ1) is 9.31. The highest BCUT2D eigenvalue weighted by molar-refractivity contribution is 5.67. The maximum atomic E-state index is 11.6. The number of hydrogen-bond donors (Lipinski definition) is 2. The minimum absolute atomic E-state index is 0.0671. The summed E-state index contributed by atoms with van der Waals surface area (Å²) < 4.78 is 9.86. The number of ether oxygens (including phenoxy) is 2. The molecular formula is C14H20N2O3. The minimum atomic E-state index is -0.383. The molecule has 2 rings (SSSR count). The molecular weight excluding hydrogens is 244 g/mol. The maximum Gasteiger partial charge on any atom is 0.407 e. The predicted molar refractivity (Wildman–Crippen MR) is 72.2 cm³/mol. The Labute approximate surface area is 113 Å². The number of hydrogen-bond acceptors (Lipinski definition) is 4. The molecule has 1 aliphatic rings. The highest BCUT2D eigenvalue weighted by Crippen LogP contribution is 2.22. The van der Waals surface area contributed by atoms with Gasteiger partial charge in [-0.2, -0.15) is 0 Å². The molecule has 19 heavy (non-hydrogen) atoms. The van der Waals surface area contributed by atoms with E-state index in [0.29, 0.717) is 6.61 Å². The number of amides is 1. The van der Waals surface area contributed by atoms with Crippen LogP contribution in [-0.2, 0) is 9.47 Å². The third-order valence-electron chi connectivity index (χ3n) is 3.27. The number of nitrogens with one attached hydrogen (secondary N) is 2. The van der Waals surface area contributed by atoms with Crippen LogP contribution in [0.4, 0.5) is 4.79 Å². The topological polar surface area (TPSA) is 59.6 Å². The molecule has 1 fully saturated rings. The smallest absolute Gasteiger partial charge is 0.407 e. The third-order valence-corrected chi connectivity index (χ3v) is 3.27. The summed E-state index contributed by atoms with van der Waals surface area (Å²) in [5, 5.41) is 6.21. The molecule has 5 nitrogen and oxygen atoms in total. The van der Waals surface area contributed by atoms with Gasteiger partial charge in [0, 0.05) is 26.1 Å². The van der Waals surface area contributed by atoms with Crippen molar-refractivity contribution in [2.24, 2.45) is 0 Å². The van der Waals surface area contributed by atoms with Crippen LogP contribution in [-0.4, -0.2) is 45.5 Å². The Hall–Kier alpha value is -1.59. The van der Waals surface area contributed by atoms with Crippen LogP contribution in [0.5, 0.6) is 0 Å². The molecule has 2 unspecified atom stereocenters. The van der Waals surface area contributed by atoms with Gasteiger partial charge in [0.25, 0.3) is 0 Å². The number of rotatable bonds is 5. The molecule has 104 valence electrons. The second-order valence-electron chi connectivity index (χ2n) is 4.55. The second kappa shape index (κ2) is 7.11. The molecule has 1 aromatic rings. The van der Waals surface area contributed by atoms with E-state index in [1.165, 1.54) is 5.56 Å². The Bertz CT molecular complexity index is 397. The van der Waals surface area contributed by atoms with Gasteiger partial charge in [0.2, 0.25) is 0 Å². The molecule has 1 aliphatic heterocycles. The number of methoxy groups -OCH3 is 1. The van der Waals surface area contributed by atoms with E-state index in [4.69, 9.17) is 9.47 Å². The first-order valence-electron chi connectivity index (χ1n) is 6.49. The van der Waals surface area contributed by atoms with Crippen LogP contribution in [0.1, 0.15) is 11.5 Å². The molecule has 0 bridgehead atoms. The number of alkyl carbamates (subject to hydrolysis) is 1. The van der Waals surface area contributed by atoms with Gasteiger partial charge in [-0.05, 0) is 5.56 Å². The van der Waals surface area contributed by atoms with Crippen LogP contribution in [0.25, 0.3) is 0 Å². The summed E-state index contributed by atoms with van der Waals surface area (Å²) in [7, 11) is 1.58. The molecule has 2 atom stereocenters. The monoisotopic (exact) mass is 264 g/mol. The summed E-state index contributed by atoms with van der Waals surface area (Å²) in [5.74, 6) is 0.288. The zero-order valence-electron chi connectivity index (χ0n) is 11.1. The van der Waals surface area contributed by atoms with Crippen LogP contribution < -0.4 is 10.6 Å². The molecule has 0 aliphatic carbocycles. The van der Waals surface area contributed by atoms with E-state index in [-0.39, 0.29) is 24.7 Å². The summed E-state index contributed by atoms with van der Waals surface area (Å²) in [6.45, 7) is 2.32. The molecule has 1 aromatic carbocycles. The van der Waals surface area contributed by atoms with Gasteiger partial charge in [-0.3, -0.25) is 0 Å². The van der Waals surface area contributed by atoms with Gasteiger partial charge in [-0.25, -0.2) is 4.79 Å². The van der Waals surface area contributed by atoms with E-state index < -0.39 is 0 Å². The van der Waals surface area contributed by atoms with E-state index in [1.54, 1.807) is 7.11 Å². The fourth-order valence-electron chi connectivity index (χ4n) is 2.29. The van der Waals surface area contributed by atoms with Gasteiger partial charge in [0.1, 0.15) is 6.61 Å². The molecule has 0 saturated carbocycles. The Morgan fingerprint density at radius 2 is 2.11 bits per heavy atom. The average molecular weight is 264 g/mol. The zero-order valence-corrected chi connectivity index (χ0v) is 11.1. The first kappa shape index (κ1) is 13.8. The van der Waals surface area contributed by atoms with Crippen LogP contribution >= 0.6 is 0 Å². The number of carbonyl (C=O) groups excluding carboxylic acids is 1. The summed E-state index contributed by atoms with van der Waals surface area (Å²) in [4.78, 5) is 11.6. The average Bonchev–Trinajstić information content (AvgIpc) is 2.88. The lowest BCUT2D eigenvalue weighted by Crippen LogP contribution is -2.40. The van der Waals surface area contributed by atoms with Crippen LogP contribution in [0.15, 0.2) is 30.3 Å². The molecule has 1 amide bonds. The van der Waals surface area contributed by atoms with Gasteiger partial charge in [-0.15, -0.1) is 0 Å². The second-order valence-corrected chi connectivity index (χ2v) is 4.55. The zero-order chi connectivity index (χ0) is 13.5. The Kier molecular flexibility index (Phi) is 5.18. The van der Waals surface area contributed by atoms with Gasteiger partial charge < -0.3 is 20.1 Å². The normalized spacial score (nSPS) is 22.2. The molecule has 0 aromatic heterocycles.